The van der Waals surface area contributed by atoms with Gasteiger partial charge in [0.1, 0.15) is 10.8 Å². The Labute approximate surface area is 202 Å². The standard InChI is InChI=1S/C28H26FN3OS/c29-21-11-6-10-20(16-21)26-24-13-7-15-31(24)27-23(22-12-4-5-14-25(22)34-27)18-32(26)28(33)30-17-19-8-2-1-3-9-19/h1-3,6-11,13,15-16,26H,4-5,12,14,17-18H2,(H,30,33)/t26-/m0/s1. The van der Waals surface area contributed by atoms with Crippen LogP contribution >= 0.6 is 11.3 Å². The second-order valence-corrected chi connectivity index (χ2v) is 10.1. The fourth-order valence-corrected chi connectivity index (χ4v) is 6.69. The van der Waals surface area contributed by atoms with Crippen LogP contribution in [0.5, 0.6) is 0 Å². The molecular formula is C28H26FN3OS. The number of hydrogen-bond donors (Lipinski definition) is 1. The fourth-order valence-electron chi connectivity index (χ4n) is 5.29. The van der Waals surface area contributed by atoms with Crippen LogP contribution in [0.4, 0.5) is 9.18 Å². The number of rotatable bonds is 3. The van der Waals surface area contributed by atoms with Crippen molar-refractivity contribution < 1.29 is 9.18 Å². The molecule has 1 aliphatic carbocycles. The molecule has 0 fully saturated rings. The topological polar surface area (TPSA) is 37.3 Å². The second-order valence-electron chi connectivity index (χ2n) is 9.03. The number of thiophene rings is 1. The quantitative estimate of drug-likeness (QED) is 0.370. The molecule has 0 radical (unpaired) electrons. The van der Waals surface area contributed by atoms with Crippen molar-refractivity contribution >= 4 is 17.4 Å². The highest BCUT2D eigenvalue weighted by atomic mass is 32.1. The van der Waals surface area contributed by atoms with Crippen LogP contribution in [0.25, 0.3) is 5.00 Å². The van der Waals surface area contributed by atoms with E-state index >= 15 is 0 Å². The molecule has 34 heavy (non-hydrogen) atoms. The molecule has 2 aromatic carbocycles. The van der Waals surface area contributed by atoms with E-state index in [-0.39, 0.29) is 17.9 Å². The van der Waals surface area contributed by atoms with Gasteiger partial charge in [-0.25, -0.2) is 9.18 Å². The number of fused-ring (bicyclic) bond motifs is 5. The summed E-state index contributed by atoms with van der Waals surface area (Å²) in [7, 11) is 0. The molecule has 0 saturated carbocycles. The number of benzene rings is 2. The van der Waals surface area contributed by atoms with Crippen molar-refractivity contribution in [2.45, 2.75) is 44.8 Å². The zero-order chi connectivity index (χ0) is 23.1. The third-order valence-electron chi connectivity index (χ3n) is 6.89. The van der Waals surface area contributed by atoms with Crippen LogP contribution in [-0.2, 0) is 25.9 Å². The van der Waals surface area contributed by atoms with Crippen LogP contribution in [-0.4, -0.2) is 15.5 Å². The van der Waals surface area contributed by atoms with E-state index in [0.29, 0.717) is 13.1 Å². The molecule has 2 aliphatic rings. The van der Waals surface area contributed by atoms with Crippen molar-refractivity contribution in [2.75, 3.05) is 0 Å². The van der Waals surface area contributed by atoms with Gasteiger partial charge >= 0.3 is 6.03 Å². The Morgan fingerprint density at radius 3 is 2.71 bits per heavy atom. The highest BCUT2D eigenvalue weighted by Crippen LogP contribution is 2.44. The Kier molecular flexibility index (Phi) is 5.46. The highest BCUT2D eigenvalue weighted by Gasteiger charge is 2.36. The molecule has 172 valence electrons. The Hall–Kier alpha value is -3.38. The van der Waals surface area contributed by atoms with Crippen LogP contribution < -0.4 is 5.32 Å². The zero-order valence-electron chi connectivity index (χ0n) is 18.8. The molecular weight excluding hydrogens is 445 g/mol. The van der Waals surface area contributed by atoms with Gasteiger partial charge in [-0.3, -0.25) is 0 Å². The number of carbonyl (C=O) groups excluding carboxylic acids is 1. The van der Waals surface area contributed by atoms with E-state index in [1.54, 1.807) is 12.1 Å². The van der Waals surface area contributed by atoms with E-state index in [1.807, 2.05) is 58.7 Å². The molecule has 0 saturated heterocycles. The molecule has 0 unspecified atom stereocenters. The van der Waals surface area contributed by atoms with Gasteiger partial charge in [0.05, 0.1) is 18.3 Å². The summed E-state index contributed by atoms with van der Waals surface area (Å²) in [5.74, 6) is -0.295. The van der Waals surface area contributed by atoms with Gasteiger partial charge in [-0.15, -0.1) is 11.3 Å². The Bertz CT molecular complexity index is 1340. The van der Waals surface area contributed by atoms with Crippen molar-refractivity contribution in [1.82, 2.24) is 14.8 Å². The maximum absolute atomic E-state index is 14.3. The van der Waals surface area contributed by atoms with Gasteiger partial charge < -0.3 is 14.8 Å². The number of nitrogens with zero attached hydrogens (tertiary/aromatic N) is 2. The van der Waals surface area contributed by atoms with Crippen molar-refractivity contribution in [2.24, 2.45) is 0 Å². The van der Waals surface area contributed by atoms with Gasteiger partial charge in [0.25, 0.3) is 0 Å². The summed E-state index contributed by atoms with van der Waals surface area (Å²) in [5, 5.41) is 4.32. The lowest BCUT2D eigenvalue weighted by atomic mass is 9.95. The van der Waals surface area contributed by atoms with Crippen LogP contribution in [0, 0.1) is 5.82 Å². The third-order valence-corrected chi connectivity index (χ3v) is 8.22. The summed E-state index contributed by atoms with van der Waals surface area (Å²) in [5.41, 5.74) is 5.46. The van der Waals surface area contributed by atoms with Crippen LogP contribution in [0.3, 0.4) is 0 Å². The molecule has 1 N–H and O–H groups in total. The zero-order valence-corrected chi connectivity index (χ0v) is 19.7. The van der Waals surface area contributed by atoms with E-state index in [0.717, 1.165) is 29.7 Å². The first kappa shape index (κ1) is 21.2. The Balaban J connectivity index is 1.45. The summed E-state index contributed by atoms with van der Waals surface area (Å²) in [6.07, 6.45) is 6.65. The molecule has 2 aromatic heterocycles. The lowest BCUT2D eigenvalue weighted by molar-refractivity contribution is 0.180. The summed E-state index contributed by atoms with van der Waals surface area (Å²) in [6.45, 7) is 0.951. The molecule has 6 heteroatoms. The van der Waals surface area contributed by atoms with Gasteiger partial charge in [-0.1, -0.05) is 42.5 Å². The molecule has 1 atom stereocenters. The summed E-state index contributed by atoms with van der Waals surface area (Å²) < 4.78 is 16.5. The maximum atomic E-state index is 14.3. The predicted octanol–water partition coefficient (Wildman–Crippen LogP) is 6.37. The SMILES string of the molecule is O=C(NCc1ccccc1)N1Cc2c(sc3c2CCCC3)-n2cccc2[C@@H]1c1cccc(F)c1. The second kappa shape index (κ2) is 8.76. The maximum Gasteiger partial charge on any atom is 0.318 e. The van der Waals surface area contributed by atoms with Crippen molar-refractivity contribution in [1.29, 1.82) is 0 Å². The number of amides is 2. The number of hydrogen-bond acceptors (Lipinski definition) is 2. The van der Waals surface area contributed by atoms with Gasteiger partial charge in [-0.2, -0.15) is 0 Å². The summed E-state index contributed by atoms with van der Waals surface area (Å²) >= 11 is 1.85. The van der Waals surface area contributed by atoms with Crippen molar-refractivity contribution in [3.63, 3.8) is 0 Å². The molecule has 6 rings (SSSR count). The molecule has 2 amide bonds. The number of aromatic nitrogens is 1. The first-order chi connectivity index (χ1) is 16.7. The first-order valence-corrected chi connectivity index (χ1v) is 12.7. The van der Waals surface area contributed by atoms with Crippen LogP contribution in [0.15, 0.2) is 72.9 Å². The normalized spacial score (nSPS) is 16.9. The average Bonchev–Trinajstić information content (AvgIpc) is 3.45. The largest absolute Gasteiger partial charge is 0.334 e. The average molecular weight is 472 g/mol. The smallest absolute Gasteiger partial charge is 0.318 e. The van der Waals surface area contributed by atoms with E-state index in [1.165, 1.54) is 39.9 Å². The molecule has 0 bridgehead atoms. The van der Waals surface area contributed by atoms with E-state index in [2.05, 4.69) is 22.1 Å². The lowest BCUT2D eigenvalue weighted by Crippen LogP contribution is -2.41. The van der Waals surface area contributed by atoms with E-state index < -0.39 is 0 Å². The van der Waals surface area contributed by atoms with Gasteiger partial charge in [0.2, 0.25) is 0 Å². The Morgan fingerprint density at radius 2 is 1.85 bits per heavy atom. The number of urea groups is 1. The molecule has 4 nitrogen and oxygen atoms in total. The van der Waals surface area contributed by atoms with Crippen molar-refractivity contribution in [3.8, 4) is 5.00 Å². The molecule has 4 aromatic rings. The number of nitrogens with one attached hydrogen (secondary N) is 1. The van der Waals surface area contributed by atoms with Crippen LogP contribution in [0.2, 0.25) is 0 Å². The van der Waals surface area contributed by atoms with Gasteiger partial charge in [-0.05, 0) is 66.6 Å². The van der Waals surface area contributed by atoms with E-state index in [9.17, 15) is 9.18 Å². The number of halogens is 1. The first-order valence-electron chi connectivity index (χ1n) is 11.8. The molecule has 0 spiro atoms. The van der Waals surface area contributed by atoms with Crippen molar-refractivity contribution in [3.05, 3.63) is 112 Å². The highest BCUT2D eigenvalue weighted by molar-refractivity contribution is 7.15. The predicted molar refractivity (Wildman–Crippen MR) is 133 cm³/mol. The minimum atomic E-state index is -0.389. The minimum Gasteiger partial charge on any atom is -0.334 e. The fraction of sp³-hybridized carbons (Fsp3) is 0.250. The number of aryl methyl sites for hydroxylation is 1. The summed E-state index contributed by atoms with van der Waals surface area (Å²) in [4.78, 5) is 17.1. The van der Waals surface area contributed by atoms with Gasteiger partial charge in [0.15, 0.2) is 0 Å². The van der Waals surface area contributed by atoms with Gasteiger partial charge in [0, 0.05) is 23.2 Å². The number of carbonyl (C=O) groups is 1. The van der Waals surface area contributed by atoms with Crippen LogP contribution in [0.1, 0.15) is 51.7 Å². The monoisotopic (exact) mass is 471 g/mol. The molecule has 3 heterocycles. The molecule has 1 aliphatic heterocycles. The lowest BCUT2D eigenvalue weighted by Gasteiger charge is -2.31. The Morgan fingerprint density at radius 1 is 1.00 bits per heavy atom. The van der Waals surface area contributed by atoms with E-state index in [4.69, 9.17) is 0 Å². The minimum absolute atomic E-state index is 0.144. The summed E-state index contributed by atoms with van der Waals surface area (Å²) in [6, 6.07) is 20.1. The third kappa shape index (κ3) is 3.72.